The van der Waals surface area contributed by atoms with Gasteiger partial charge in [0.15, 0.2) is 0 Å². The Bertz CT molecular complexity index is 933. The predicted molar refractivity (Wildman–Crippen MR) is 115 cm³/mol. The molecule has 7 nitrogen and oxygen atoms in total. The van der Waals surface area contributed by atoms with Gasteiger partial charge in [-0.15, -0.1) is 11.3 Å². The van der Waals surface area contributed by atoms with Crippen molar-refractivity contribution in [3.8, 4) is 0 Å². The van der Waals surface area contributed by atoms with Gasteiger partial charge in [0.25, 0.3) is 0 Å². The topological polar surface area (TPSA) is 73.0 Å². The number of urea groups is 1. The minimum Gasteiger partial charge on any atom is -0.336 e. The molecule has 1 atom stereocenters. The minimum absolute atomic E-state index is 0.0616. The third-order valence-corrected chi connectivity index (χ3v) is 8.02. The van der Waals surface area contributed by atoms with E-state index in [4.69, 9.17) is 0 Å². The summed E-state index contributed by atoms with van der Waals surface area (Å²) in [5.41, 5.74) is 0. The van der Waals surface area contributed by atoms with Crippen molar-refractivity contribution in [1.29, 1.82) is 0 Å². The molecule has 164 valence electrons. The van der Waals surface area contributed by atoms with Crippen molar-refractivity contribution in [3.63, 3.8) is 0 Å². The molecule has 0 spiro atoms. The molecule has 1 saturated heterocycles. The minimum atomic E-state index is -3.71. The lowest BCUT2D eigenvalue weighted by molar-refractivity contribution is 0.195. The van der Waals surface area contributed by atoms with E-state index < -0.39 is 15.8 Å². The number of hydrogen-bond acceptors (Lipinski definition) is 5. The Morgan fingerprint density at radius 2 is 1.90 bits per heavy atom. The molecule has 1 aliphatic heterocycles. The molecule has 2 heterocycles. The van der Waals surface area contributed by atoms with Crippen molar-refractivity contribution >= 4 is 27.4 Å². The van der Waals surface area contributed by atoms with E-state index in [1.807, 2.05) is 31.6 Å². The van der Waals surface area contributed by atoms with Crippen LogP contribution >= 0.6 is 11.3 Å². The maximum Gasteiger partial charge on any atom is 0.317 e. The van der Waals surface area contributed by atoms with Crippen LogP contribution in [0.3, 0.4) is 0 Å². The highest BCUT2D eigenvalue weighted by atomic mass is 32.2. The summed E-state index contributed by atoms with van der Waals surface area (Å²) in [6.07, 6.45) is 0.538. The first kappa shape index (κ1) is 22.7. The van der Waals surface area contributed by atoms with Gasteiger partial charge in [0.2, 0.25) is 10.0 Å². The van der Waals surface area contributed by atoms with Gasteiger partial charge >= 0.3 is 6.03 Å². The molecule has 2 amide bonds. The van der Waals surface area contributed by atoms with Crippen molar-refractivity contribution in [2.24, 2.45) is 0 Å². The molecular formula is C20H27FN4O3S2. The van der Waals surface area contributed by atoms with Crippen LogP contribution in [0.15, 0.2) is 46.7 Å². The molecule has 0 radical (unpaired) electrons. The highest BCUT2D eigenvalue weighted by molar-refractivity contribution is 7.89. The summed E-state index contributed by atoms with van der Waals surface area (Å²) in [5, 5.41) is 5.00. The summed E-state index contributed by atoms with van der Waals surface area (Å²) < 4.78 is 40.2. The number of nitrogens with one attached hydrogen (secondary N) is 1. The Morgan fingerprint density at radius 1 is 1.17 bits per heavy atom. The van der Waals surface area contributed by atoms with Crippen LogP contribution in [-0.2, 0) is 10.0 Å². The molecule has 1 N–H and O–H groups in total. The van der Waals surface area contributed by atoms with Crippen molar-refractivity contribution < 1.29 is 17.6 Å². The van der Waals surface area contributed by atoms with Crippen LogP contribution in [0, 0.1) is 5.82 Å². The highest BCUT2D eigenvalue weighted by Gasteiger charge is 2.28. The first-order valence-corrected chi connectivity index (χ1v) is 12.1. The summed E-state index contributed by atoms with van der Waals surface area (Å²) in [5.74, 6) is -0.480. The number of hydrogen-bond donors (Lipinski definition) is 1. The maximum absolute atomic E-state index is 13.1. The molecule has 1 aromatic carbocycles. The lowest BCUT2D eigenvalue weighted by atomic mass is 10.2. The smallest absolute Gasteiger partial charge is 0.317 e. The molecule has 0 aliphatic carbocycles. The lowest BCUT2D eigenvalue weighted by Gasteiger charge is -2.26. The van der Waals surface area contributed by atoms with Gasteiger partial charge < -0.3 is 15.1 Å². The van der Waals surface area contributed by atoms with E-state index in [-0.39, 0.29) is 23.5 Å². The lowest BCUT2D eigenvalue weighted by Crippen LogP contribution is -2.45. The first-order valence-electron chi connectivity index (χ1n) is 9.77. The predicted octanol–water partition coefficient (Wildman–Crippen LogP) is 2.60. The van der Waals surface area contributed by atoms with Crippen LogP contribution in [0.2, 0.25) is 0 Å². The van der Waals surface area contributed by atoms with Gasteiger partial charge in [-0.1, -0.05) is 6.07 Å². The van der Waals surface area contributed by atoms with Crippen LogP contribution < -0.4 is 5.32 Å². The van der Waals surface area contributed by atoms with Gasteiger partial charge in [0.1, 0.15) is 5.82 Å². The summed E-state index contributed by atoms with van der Waals surface area (Å²) in [6, 6.07) is 8.74. The third-order valence-electron chi connectivity index (χ3n) is 5.14. The van der Waals surface area contributed by atoms with Crippen molar-refractivity contribution in [1.82, 2.24) is 19.4 Å². The number of nitrogens with zero attached hydrogens (tertiary/aromatic N) is 3. The summed E-state index contributed by atoms with van der Waals surface area (Å²) in [6.45, 7) is 1.78. The van der Waals surface area contributed by atoms with E-state index in [0.29, 0.717) is 32.6 Å². The second-order valence-corrected chi connectivity index (χ2v) is 10.3. The van der Waals surface area contributed by atoms with Crippen LogP contribution in [0.1, 0.15) is 17.3 Å². The van der Waals surface area contributed by atoms with E-state index in [1.54, 1.807) is 16.2 Å². The summed E-state index contributed by atoms with van der Waals surface area (Å²) >= 11 is 1.65. The average molecular weight is 455 g/mol. The molecule has 1 aliphatic rings. The molecule has 1 fully saturated rings. The number of rotatable bonds is 6. The van der Waals surface area contributed by atoms with Gasteiger partial charge in [-0.3, -0.25) is 0 Å². The molecular weight excluding hydrogens is 427 g/mol. The fraction of sp³-hybridized carbons (Fsp3) is 0.450. The van der Waals surface area contributed by atoms with Crippen molar-refractivity contribution in [3.05, 3.63) is 52.5 Å². The van der Waals surface area contributed by atoms with Crippen molar-refractivity contribution in [2.45, 2.75) is 17.4 Å². The highest BCUT2D eigenvalue weighted by Crippen LogP contribution is 2.22. The van der Waals surface area contributed by atoms with E-state index in [1.165, 1.54) is 21.3 Å². The van der Waals surface area contributed by atoms with E-state index in [9.17, 15) is 17.6 Å². The number of likely N-dealkylation sites (N-methyl/N-ethyl adjacent to an activating group) is 1. The second kappa shape index (κ2) is 9.86. The molecule has 3 rings (SSSR count). The van der Waals surface area contributed by atoms with Gasteiger partial charge in [-0.2, -0.15) is 4.31 Å². The number of carbonyl (C=O) groups excluding carboxylic acids is 1. The third kappa shape index (κ3) is 5.37. The fourth-order valence-corrected chi connectivity index (χ4v) is 5.80. The Kier molecular flexibility index (Phi) is 7.45. The van der Waals surface area contributed by atoms with E-state index >= 15 is 0 Å². The van der Waals surface area contributed by atoms with Crippen LogP contribution in [0.25, 0.3) is 0 Å². The Hall–Kier alpha value is -2.01. The molecule has 0 saturated carbocycles. The van der Waals surface area contributed by atoms with Crippen LogP contribution in [0.4, 0.5) is 9.18 Å². The number of halogens is 1. The number of benzene rings is 1. The Morgan fingerprint density at radius 3 is 2.53 bits per heavy atom. The largest absolute Gasteiger partial charge is 0.336 e. The molecule has 2 aromatic rings. The zero-order chi connectivity index (χ0) is 21.7. The Balaban J connectivity index is 1.59. The normalized spacial score (nSPS) is 17.0. The summed E-state index contributed by atoms with van der Waals surface area (Å²) in [7, 11) is 0.231. The average Bonchev–Trinajstić information content (AvgIpc) is 3.10. The number of carbonyl (C=O) groups is 1. The van der Waals surface area contributed by atoms with Crippen molar-refractivity contribution in [2.75, 3.05) is 46.8 Å². The van der Waals surface area contributed by atoms with Gasteiger partial charge in [0.05, 0.1) is 10.9 Å². The van der Waals surface area contributed by atoms with Crippen LogP contribution in [0.5, 0.6) is 0 Å². The Labute approximate surface area is 181 Å². The molecule has 30 heavy (non-hydrogen) atoms. The first-order chi connectivity index (χ1) is 14.3. The second-order valence-electron chi connectivity index (χ2n) is 7.38. The van der Waals surface area contributed by atoms with E-state index in [2.05, 4.69) is 10.2 Å². The van der Waals surface area contributed by atoms with Gasteiger partial charge in [-0.25, -0.2) is 17.6 Å². The fourth-order valence-electron chi connectivity index (χ4n) is 3.41. The summed E-state index contributed by atoms with van der Waals surface area (Å²) in [4.78, 5) is 17.7. The molecule has 1 unspecified atom stereocenters. The van der Waals surface area contributed by atoms with E-state index in [0.717, 1.165) is 12.1 Å². The number of sulfonamides is 1. The quantitative estimate of drug-likeness (QED) is 0.728. The number of thiophene rings is 1. The molecule has 10 heteroatoms. The maximum atomic E-state index is 13.1. The molecule has 0 bridgehead atoms. The SMILES string of the molecule is CN(C)C(CNC(=O)N1CCCN(S(=O)(=O)c2ccc(F)cc2)CC1)c1cccs1. The molecule has 1 aromatic heterocycles. The zero-order valence-corrected chi connectivity index (χ0v) is 18.8. The monoisotopic (exact) mass is 454 g/mol. The zero-order valence-electron chi connectivity index (χ0n) is 17.1. The van der Waals surface area contributed by atoms with Crippen LogP contribution in [-0.4, -0.2) is 75.4 Å². The van der Waals surface area contributed by atoms with Gasteiger partial charge in [0, 0.05) is 37.6 Å². The van der Waals surface area contributed by atoms with Gasteiger partial charge in [-0.05, 0) is 56.2 Å². The number of amides is 2. The standard InChI is InChI=1S/C20H27FN4O3S2/c1-23(2)18(19-5-3-14-29-19)15-22-20(26)24-10-4-11-25(13-12-24)30(27,28)17-8-6-16(21)7-9-17/h3,5-9,14,18H,4,10-13,15H2,1-2H3,(H,22,26).